The number of nitrogens with one attached hydrogen (secondary N) is 1. The molecule has 6 nitrogen and oxygen atoms in total. The number of aromatic amines is 1. The number of fused-ring (bicyclic) bond motifs is 2. The summed E-state index contributed by atoms with van der Waals surface area (Å²) in [6, 6.07) is 12.5. The number of benzene rings is 2. The maximum Gasteiger partial charge on any atom is 0.349 e. The van der Waals surface area contributed by atoms with Crippen LogP contribution in [0.5, 0.6) is 0 Å². The Morgan fingerprint density at radius 3 is 2.46 bits per heavy atom. The average molecular weight is 374 g/mol. The van der Waals surface area contributed by atoms with Crippen molar-refractivity contribution >= 4 is 11.0 Å². The van der Waals surface area contributed by atoms with Gasteiger partial charge in [-0.1, -0.05) is 35.9 Å². The van der Waals surface area contributed by atoms with Gasteiger partial charge < -0.3 is 4.57 Å². The first kappa shape index (κ1) is 18.1. The molecule has 0 unspecified atom stereocenters. The van der Waals surface area contributed by atoms with Crippen molar-refractivity contribution in [2.75, 3.05) is 0 Å². The van der Waals surface area contributed by atoms with Gasteiger partial charge in [0.15, 0.2) is 11.5 Å². The summed E-state index contributed by atoms with van der Waals surface area (Å²) < 4.78 is 1.95. The van der Waals surface area contributed by atoms with Gasteiger partial charge in [0.05, 0.1) is 11.0 Å². The number of rotatable bonds is 4. The van der Waals surface area contributed by atoms with Crippen LogP contribution in [0.25, 0.3) is 22.6 Å². The summed E-state index contributed by atoms with van der Waals surface area (Å²) in [4.78, 5) is 35.0. The molecule has 0 atom stereocenters. The summed E-state index contributed by atoms with van der Waals surface area (Å²) in [7, 11) is 0. The minimum absolute atomic E-state index is 0.205. The third-order valence-electron chi connectivity index (χ3n) is 5.27. The number of H-pyrrole nitrogens is 1. The van der Waals surface area contributed by atoms with Crippen molar-refractivity contribution in [3.8, 4) is 11.5 Å². The SMILES string of the molecule is Cc1ccc(CCCn2c3nc(=O)[nH]c(=O)c-3nc3c(C)c(C)ccc32)cc1. The molecule has 0 saturated carbocycles. The van der Waals surface area contributed by atoms with E-state index >= 15 is 0 Å². The molecule has 2 aromatic carbocycles. The second kappa shape index (κ2) is 7.03. The molecule has 28 heavy (non-hydrogen) atoms. The first-order chi connectivity index (χ1) is 13.4. The van der Waals surface area contributed by atoms with Crippen LogP contribution in [0.1, 0.15) is 28.7 Å². The topological polar surface area (TPSA) is 80.6 Å². The third-order valence-corrected chi connectivity index (χ3v) is 5.27. The van der Waals surface area contributed by atoms with E-state index in [1.165, 1.54) is 11.1 Å². The first-order valence-electron chi connectivity index (χ1n) is 9.40. The van der Waals surface area contributed by atoms with Crippen molar-refractivity contribution in [2.24, 2.45) is 0 Å². The van der Waals surface area contributed by atoms with Gasteiger partial charge >= 0.3 is 5.69 Å². The minimum atomic E-state index is -0.644. The predicted molar refractivity (Wildman–Crippen MR) is 110 cm³/mol. The molecule has 0 spiro atoms. The standard InChI is InChI=1S/C22H22N4O2/c1-13-6-9-16(10-7-13)5-4-12-26-17-11-8-14(2)15(3)18(17)23-19-20(26)24-22(28)25-21(19)27/h6-11H,4-5,12H2,1-3H3,(H,25,27,28). The highest BCUT2D eigenvalue weighted by Gasteiger charge is 2.19. The summed E-state index contributed by atoms with van der Waals surface area (Å²) in [5.74, 6) is 0.341. The van der Waals surface area contributed by atoms with E-state index in [-0.39, 0.29) is 5.69 Å². The zero-order valence-electron chi connectivity index (χ0n) is 16.2. The van der Waals surface area contributed by atoms with Crippen LogP contribution in [0.15, 0.2) is 46.0 Å². The lowest BCUT2D eigenvalue weighted by Crippen LogP contribution is -2.29. The number of hydrogen-bond acceptors (Lipinski definition) is 4. The van der Waals surface area contributed by atoms with E-state index in [2.05, 4.69) is 46.1 Å². The van der Waals surface area contributed by atoms with Gasteiger partial charge in [-0.2, -0.15) is 4.98 Å². The smallest absolute Gasteiger partial charge is 0.322 e. The van der Waals surface area contributed by atoms with Crippen LogP contribution in [0.3, 0.4) is 0 Å². The summed E-state index contributed by atoms with van der Waals surface area (Å²) >= 11 is 0. The fourth-order valence-electron chi connectivity index (χ4n) is 3.52. The monoisotopic (exact) mass is 374 g/mol. The molecule has 2 heterocycles. The Hall–Kier alpha value is -3.28. The molecule has 4 rings (SSSR count). The van der Waals surface area contributed by atoms with E-state index in [0.29, 0.717) is 12.4 Å². The van der Waals surface area contributed by atoms with E-state index in [0.717, 1.165) is 35.0 Å². The Morgan fingerprint density at radius 1 is 0.964 bits per heavy atom. The maximum absolute atomic E-state index is 12.3. The normalized spacial score (nSPS) is 11.4. The van der Waals surface area contributed by atoms with Crippen LogP contribution in [-0.4, -0.2) is 19.5 Å². The molecular formula is C22H22N4O2. The van der Waals surface area contributed by atoms with Gasteiger partial charge in [-0.25, -0.2) is 9.78 Å². The molecule has 0 radical (unpaired) electrons. The van der Waals surface area contributed by atoms with Crippen LogP contribution in [0.4, 0.5) is 0 Å². The van der Waals surface area contributed by atoms with Gasteiger partial charge in [0.1, 0.15) is 0 Å². The Labute approximate surface area is 162 Å². The van der Waals surface area contributed by atoms with E-state index in [9.17, 15) is 9.59 Å². The third kappa shape index (κ3) is 3.22. The maximum atomic E-state index is 12.3. The summed E-state index contributed by atoms with van der Waals surface area (Å²) in [6.07, 6.45) is 1.76. The van der Waals surface area contributed by atoms with E-state index < -0.39 is 11.2 Å². The van der Waals surface area contributed by atoms with E-state index in [1.54, 1.807) is 0 Å². The molecule has 2 aliphatic rings. The van der Waals surface area contributed by atoms with Gasteiger partial charge in [0.25, 0.3) is 5.56 Å². The van der Waals surface area contributed by atoms with Gasteiger partial charge in [0, 0.05) is 6.54 Å². The van der Waals surface area contributed by atoms with Crippen LogP contribution < -0.4 is 11.2 Å². The Balaban J connectivity index is 1.81. The molecule has 2 aromatic rings. The highest BCUT2D eigenvalue weighted by atomic mass is 16.2. The summed E-state index contributed by atoms with van der Waals surface area (Å²) in [5.41, 5.74) is 5.35. The van der Waals surface area contributed by atoms with Crippen molar-refractivity contribution in [2.45, 2.75) is 40.2 Å². The molecule has 0 bridgehead atoms. The lowest BCUT2D eigenvalue weighted by atomic mass is 10.1. The Bertz CT molecular complexity index is 1250. The zero-order chi connectivity index (χ0) is 19.8. The zero-order valence-corrected chi connectivity index (χ0v) is 16.2. The van der Waals surface area contributed by atoms with E-state index in [4.69, 9.17) is 0 Å². The van der Waals surface area contributed by atoms with Gasteiger partial charge in [-0.05, 0) is 56.4 Å². The molecule has 0 aromatic heterocycles. The highest BCUT2D eigenvalue weighted by molar-refractivity contribution is 5.83. The average Bonchev–Trinajstić information content (AvgIpc) is 2.66. The fraction of sp³-hybridized carbons (Fsp3) is 0.273. The second-order valence-corrected chi connectivity index (χ2v) is 7.27. The first-order valence-corrected chi connectivity index (χ1v) is 9.40. The predicted octanol–water partition coefficient (Wildman–Crippen LogP) is 3.14. The molecule has 142 valence electrons. The molecule has 1 N–H and O–H groups in total. The lowest BCUT2D eigenvalue weighted by Gasteiger charge is -2.18. The highest BCUT2D eigenvalue weighted by Crippen LogP contribution is 2.25. The van der Waals surface area contributed by atoms with Crippen LogP contribution >= 0.6 is 0 Å². The van der Waals surface area contributed by atoms with Crippen LogP contribution in [-0.2, 0) is 13.0 Å². The van der Waals surface area contributed by atoms with Gasteiger partial charge in [-0.15, -0.1) is 0 Å². The Kier molecular flexibility index (Phi) is 4.55. The van der Waals surface area contributed by atoms with Crippen molar-refractivity contribution in [3.63, 3.8) is 0 Å². The Morgan fingerprint density at radius 2 is 1.71 bits per heavy atom. The molecule has 0 amide bonds. The second-order valence-electron chi connectivity index (χ2n) is 7.27. The number of aromatic nitrogens is 4. The van der Waals surface area contributed by atoms with Gasteiger partial charge in [0.2, 0.25) is 0 Å². The molecule has 6 heteroatoms. The van der Waals surface area contributed by atoms with Crippen LogP contribution in [0, 0.1) is 20.8 Å². The molecule has 2 aliphatic heterocycles. The summed E-state index contributed by atoms with van der Waals surface area (Å²) in [6.45, 7) is 6.73. The minimum Gasteiger partial charge on any atom is -0.322 e. The lowest BCUT2D eigenvalue weighted by molar-refractivity contribution is 0.648. The molecular weight excluding hydrogens is 352 g/mol. The number of aryl methyl sites for hydroxylation is 5. The van der Waals surface area contributed by atoms with Crippen molar-refractivity contribution < 1.29 is 0 Å². The number of hydrogen-bond donors (Lipinski definition) is 1. The quantitative estimate of drug-likeness (QED) is 0.557. The van der Waals surface area contributed by atoms with Crippen LogP contribution in [0.2, 0.25) is 0 Å². The number of nitrogens with zero attached hydrogens (tertiary/aromatic N) is 3. The van der Waals surface area contributed by atoms with Crippen molar-refractivity contribution in [3.05, 3.63) is 79.5 Å². The van der Waals surface area contributed by atoms with Gasteiger partial charge in [-0.3, -0.25) is 9.78 Å². The largest absolute Gasteiger partial charge is 0.349 e. The van der Waals surface area contributed by atoms with E-state index in [1.807, 2.05) is 30.5 Å². The summed E-state index contributed by atoms with van der Waals surface area (Å²) in [5, 5.41) is 0. The van der Waals surface area contributed by atoms with Crippen molar-refractivity contribution in [1.29, 1.82) is 0 Å². The molecule has 0 fully saturated rings. The molecule has 0 saturated heterocycles. The molecule has 0 aliphatic carbocycles. The fourth-order valence-corrected chi connectivity index (χ4v) is 3.52. The van der Waals surface area contributed by atoms with Crippen molar-refractivity contribution in [1.82, 2.24) is 19.5 Å².